The van der Waals surface area contributed by atoms with E-state index < -0.39 is 11.6 Å². The highest BCUT2D eigenvalue weighted by atomic mass is 32.1. The molecule has 1 N–H and O–H groups in total. The molecule has 1 fully saturated rings. The van der Waals surface area contributed by atoms with Gasteiger partial charge in [0.05, 0.1) is 5.71 Å². The number of piperazine rings is 1. The SMILES string of the molecule is CC(=NNC(=S)N1CCN(C)CC1)c1ccc(OCc2ccc(F)cc2F)cc1. The van der Waals surface area contributed by atoms with E-state index in [4.69, 9.17) is 17.0 Å². The minimum Gasteiger partial charge on any atom is -0.489 e. The number of benzene rings is 2. The van der Waals surface area contributed by atoms with E-state index in [1.165, 1.54) is 12.1 Å². The second-order valence-electron chi connectivity index (χ2n) is 6.95. The lowest BCUT2D eigenvalue weighted by Crippen LogP contribution is -2.49. The first-order valence-corrected chi connectivity index (χ1v) is 9.78. The van der Waals surface area contributed by atoms with Gasteiger partial charge in [-0.15, -0.1) is 0 Å². The van der Waals surface area contributed by atoms with E-state index in [0.717, 1.165) is 43.5 Å². The van der Waals surface area contributed by atoms with E-state index in [1.807, 2.05) is 19.1 Å². The van der Waals surface area contributed by atoms with Gasteiger partial charge in [-0.05, 0) is 68.2 Å². The molecule has 29 heavy (non-hydrogen) atoms. The van der Waals surface area contributed by atoms with Gasteiger partial charge in [-0.1, -0.05) is 0 Å². The maximum atomic E-state index is 13.7. The van der Waals surface area contributed by atoms with E-state index in [-0.39, 0.29) is 6.61 Å². The second kappa shape index (κ2) is 9.76. The minimum absolute atomic E-state index is 0.0272. The average Bonchev–Trinajstić information content (AvgIpc) is 2.72. The van der Waals surface area contributed by atoms with Gasteiger partial charge in [-0.3, -0.25) is 5.43 Å². The number of hydrogen-bond donors (Lipinski definition) is 1. The normalized spacial score (nSPS) is 15.3. The Hall–Kier alpha value is -2.58. The second-order valence-corrected chi connectivity index (χ2v) is 7.34. The Kier molecular flexibility index (Phi) is 7.11. The van der Waals surface area contributed by atoms with Crippen molar-refractivity contribution in [1.82, 2.24) is 15.2 Å². The van der Waals surface area contributed by atoms with Crippen LogP contribution in [-0.2, 0) is 6.61 Å². The van der Waals surface area contributed by atoms with E-state index >= 15 is 0 Å². The van der Waals surface area contributed by atoms with Gasteiger partial charge < -0.3 is 14.5 Å². The van der Waals surface area contributed by atoms with Crippen molar-refractivity contribution in [2.24, 2.45) is 5.10 Å². The van der Waals surface area contributed by atoms with Crippen molar-refractivity contribution >= 4 is 23.0 Å². The molecule has 0 saturated carbocycles. The number of thiocarbonyl (C=S) groups is 1. The molecule has 0 aliphatic carbocycles. The summed E-state index contributed by atoms with van der Waals surface area (Å²) in [5.41, 5.74) is 4.97. The van der Waals surface area contributed by atoms with Gasteiger partial charge in [0.25, 0.3) is 0 Å². The third-order valence-corrected chi connectivity index (χ3v) is 5.14. The summed E-state index contributed by atoms with van der Waals surface area (Å²) in [6.45, 7) is 5.65. The van der Waals surface area contributed by atoms with Crippen molar-refractivity contribution in [3.8, 4) is 5.75 Å². The minimum atomic E-state index is -0.619. The van der Waals surface area contributed by atoms with E-state index in [9.17, 15) is 8.78 Å². The van der Waals surface area contributed by atoms with Crippen molar-refractivity contribution in [2.45, 2.75) is 13.5 Å². The summed E-state index contributed by atoms with van der Waals surface area (Å²) < 4.78 is 32.2. The highest BCUT2D eigenvalue weighted by Gasteiger charge is 2.15. The number of halogens is 2. The fourth-order valence-electron chi connectivity index (χ4n) is 2.87. The molecule has 1 saturated heterocycles. The predicted molar refractivity (Wildman–Crippen MR) is 114 cm³/mol. The fraction of sp³-hybridized carbons (Fsp3) is 0.333. The van der Waals surface area contributed by atoms with Crippen LogP contribution in [0.2, 0.25) is 0 Å². The van der Waals surface area contributed by atoms with Crippen LogP contribution in [0.3, 0.4) is 0 Å². The van der Waals surface area contributed by atoms with Gasteiger partial charge in [0.1, 0.15) is 24.0 Å². The molecule has 3 rings (SSSR count). The van der Waals surface area contributed by atoms with Crippen molar-refractivity contribution in [3.63, 3.8) is 0 Å². The Bertz CT molecular complexity index is 881. The molecule has 0 unspecified atom stereocenters. The monoisotopic (exact) mass is 418 g/mol. The highest BCUT2D eigenvalue weighted by molar-refractivity contribution is 7.80. The maximum absolute atomic E-state index is 13.7. The Balaban J connectivity index is 1.53. The van der Waals surface area contributed by atoms with Crippen molar-refractivity contribution < 1.29 is 13.5 Å². The number of hydrazone groups is 1. The van der Waals surface area contributed by atoms with Crippen LogP contribution < -0.4 is 10.2 Å². The Morgan fingerprint density at radius 1 is 1.10 bits per heavy atom. The summed E-state index contributed by atoms with van der Waals surface area (Å²) in [6, 6.07) is 10.8. The molecule has 154 valence electrons. The van der Waals surface area contributed by atoms with Gasteiger partial charge in [0, 0.05) is 37.8 Å². The molecular weight excluding hydrogens is 394 g/mol. The fourth-order valence-corrected chi connectivity index (χ4v) is 3.10. The third kappa shape index (κ3) is 5.95. The highest BCUT2D eigenvalue weighted by Crippen LogP contribution is 2.17. The van der Waals surface area contributed by atoms with Gasteiger partial charge in [-0.2, -0.15) is 5.10 Å². The third-order valence-electron chi connectivity index (χ3n) is 4.79. The van der Waals surface area contributed by atoms with Crippen LogP contribution in [-0.4, -0.2) is 53.9 Å². The number of nitrogens with one attached hydrogen (secondary N) is 1. The smallest absolute Gasteiger partial charge is 0.189 e. The molecule has 0 aromatic heterocycles. The molecule has 2 aromatic rings. The largest absolute Gasteiger partial charge is 0.489 e. The molecule has 0 bridgehead atoms. The van der Waals surface area contributed by atoms with Crippen molar-refractivity contribution in [1.29, 1.82) is 0 Å². The van der Waals surface area contributed by atoms with Crippen LogP contribution >= 0.6 is 12.2 Å². The summed E-state index contributed by atoms with van der Waals surface area (Å²) >= 11 is 5.42. The van der Waals surface area contributed by atoms with Gasteiger partial charge in [0.2, 0.25) is 0 Å². The predicted octanol–water partition coefficient (Wildman–Crippen LogP) is 3.39. The topological polar surface area (TPSA) is 40.1 Å². The first kappa shape index (κ1) is 21.1. The van der Waals surface area contributed by atoms with Crippen molar-refractivity contribution in [2.75, 3.05) is 33.2 Å². The molecule has 5 nitrogen and oxygen atoms in total. The molecule has 1 heterocycles. The quantitative estimate of drug-likeness (QED) is 0.458. The molecule has 0 spiro atoms. The van der Waals surface area contributed by atoms with Gasteiger partial charge >= 0.3 is 0 Å². The first-order valence-electron chi connectivity index (χ1n) is 9.37. The van der Waals surface area contributed by atoms with E-state index in [0.29, 0.717) is 16.4 Å². The number of nitrogens with zero attached hydrogens (tertiary/aromatic N) is 3. The molecule has 0 amide bonds. The molecule has 2 aromatic carbocycles. The maximum Gasteiger partial charge on any atom is 0.189 e. The summed E-state index contributed by atoms with van der Waals surface area (Å²) in [5.74, 6) is -0.635. The molecule has 1 aliphatic rings. The summed E-state index contributed by atoms with van der Waals surface area (Å²) in [7, 11) is 2.10. The zero-order valence-electron chi connectivity index (χ0n) is 16.5. The van der Waals surface area contributed by atoms with Crippen LogP contribution in [0.1, 0.15) is 18.1 Å². The number of likely N-dealkylation sites (N-methyl/N-ethyl adjacent to an activating group) is 1. The lowest BCUT2D eigenvalue weighted by Gasteiger charge is -2.33. The van der Waals surface area contributed by atoms with Crippen LogP contribution in [0.4, 0.5) is 8.78 Å². The number of hydrogen-bond acceptors (Lipinski definition) is 4. The lowest BCUT2D eigenvalue weighted by molar-refractivity contribution is 0.214. The van der Waals surface area contributed by atoms with Crippen LogP contribution in [0, 0.1) is 11.6 Å². The zero-order chi connectivity index (χ0) is 20.8. The van der Waals surface area contributed by atoms with E-state index in [2.05, 4.69) is 27.4 Å². The van der Waals surface area contributed by atoms with Crippen LogP contribution in [0.15, 0.2) is 47.6 Å². The van der Waals surface area contributed by atoms with Gasteiger partial charge in [-0.25, -0.2) is 8.78 Å². The molecule has 8 heteroatoms. The first-order chi connectivity index (χ1) is 13.9. The lowest BCUT2D eigenvalue weighted by atomic mass is 10.1. The van der Waals surface area contributed by atoms with Crippen LogP contribution in [0.5, 0.6) is 5.75 Å². The molecule has 1 aliphatic heterocycles. The Labute approximate surface area is 175 Å². The van der Waals surface area contributed by atoms with Gasteiger partial charge in [0.15, 0.2) is 5.11 Å². The number of rotatable bonds is 5. The van der Waals surface area contributed by atoms with Crippen molar-refractivity contribution in [3.05, 3.63) is 65.2 Å². The zero-order valence-corrected chi connectivity index (χ0v) is 17.3. The summed E-state index contributed by atoms with van der Waals surface area (Å²) in [5, 5.41) is 5.00. The Morgan fingerprint density at radius 2 is 1.79 bits per heavy atom. The van der Waals surface area contributed by atoms with Crippen LogP contribution in [0.25, 0.3) is 0 Å². The molecule has 0 atom stereocenters. The Morgan fingerprint density at radius 3 is 2.45 bits per heavy atom. The number of ether oxygens (including phenoxy) is 1. The average molecular weight is 419 g/mol. The van der Waals surface area contributed by atoms with E-state index in [1.54, 1.807) is 12.1 Å². The molecule has 0 radical (unpaired) electrons. The summed E-state index contributed by atoms with van der Waals surface area (Å²) in [6.07, 6.45) is 0. The summed E-state index contributed by atoms with van der Waals surface area (Å²) in [4.78, 5) is 4.37. The standard InChI is InChI=1S/C21H24F2N4OS/c1-15(24-25-21(29)27-11-9-26(2)10-12-27)16-4-7-19(8-5-16)28-14-17-3-6-18(22)13-20(17)23/h3-8,13H,9-12,14H2,1-2H3,(H,25,29). The molecular formula is C21H24F2N4OS.